The van der Waals surface area contributed by atoms with Crippen molar-refractivity contribution in [1.82, 2.24) is 0 Å². The summed E-state index contributed by atoms with van der Waals surface area (Å²) in [4.78, 5) is 6.23. The molecule has 1 aliphatic carbocycles. The number of nitrogens with zero attached hydrogens (tertiary/aromatic N) is 1. The van der Waals surface area contributed by atoms with Gasteiger partial charge in [-0.25, -0.2) is 5.06 Å². The zero-order chi connectivity index (χ0) is 15.6. The van der Waals surface area contributed by atoms with Gasteiger partial charge in [0.1, 0.15) is 6.61 Å². The van der Waals surface area contributed by atoms with Crippen molar-refractivity contribution < 1.29 is 4.84 Å². The third-order valence-corrected chi connectivity index (χ3v) is 4.79. The molecule has 118 valence electrons. The number of hydrogen-bond acceptors (Lipinski definition) is 3. The first-order valence-corrected chi connectivity index (χ1v) is 8.38. The number of nitrogens with two attached hydrogens (primary N) is 1. The third-order valence-electron chi connectivity index (χ3n) is 4.79. The molecule has 1 atom stereocenters. The summed E-state index contributed by atoms with van der Waals surface area (Å²) in [6.45, 7) is 0.571. The van der Waals surface area contributed by atoms with Crippen molar-refractivity contribution in [1.29, 1.82) is 0 Å². The normalized spacial score (nSPS) is 20.2. The number of anilines is 1. The van der Waals surface area contributed by atoms with E-state index in [1.165, 1.54) is 35.2 Å². The van der Waals surface area contributed by atoms with Crippen LogP contribution in [0.5, 0.6) is 0 Å². The molecule has 0 saturated heterocycles. The minimum absolute atomic E-state index is 0.0121. The van der Waals surface area contributed by atoms with Gasteiger partial charge in [0.2, 0.25) is 0 Å². The van der Waals surface area contributed by atoms with Gasteiger partial charge in [-0.2, -0.15) is 0 Å². The van der Waals surface area contributed by atoms with E-state index >= 15 is 0 Å². The summed E-state index contributed by atoms with van der Waals surface area (Å²) in [5.74, 6) is 0. The largest absolute Gasteiger partial charge is 0.320 e. The fraction of sp³-hybridized carbons (Fsp3) is 0.300. The van der Waals surface area contributed by atoms with Gasteiger partial charge in [0.15, 0.2) is 0 Å². The molecule has 1 aliphatic heterocycles. The van der Waals surface area contributed by atoms with Gasteiger partial charge < -0.3 is 5.73 Å². The average molecular weight is 306 g/mol. The fourth-order valence-corrected chi connectivity index (χ4v) is 3.61. The number of rotatable bonds is 3. The van der Waals surface area contributed by atoms with Gasteiger partial charge in [-0.05, 0) is 48.4 Å². The van der Waals surface area contributed by atoms with E-state index < -0.39 is 0 Å². The highest BCUT2D eigenvalue weighted by Gasteiger charge is 2.32. The van der Waals surface area contributed by atoms with Crippen molar-refractivity contribution in [2.45, 2.75) is 38.3 Å². The van der Waals surface area contributed by atoms with Crippen LogP contribution in [0.25, 0.3) is 0 Å². The van der Waals surface area contributed by atoms with Gasteiger partial charge in [0.25, 0.3) is 0 Å². The molecule has 0 fully saturated rings. The van der Waals surface area contributed by atoms with E-state index in [1.54, 1.807) is 0 Å². The molecule has 3 heteroatoms. The minimum atomic E-state index is 0.0121. The van der Waals surface area contributed by atoms with Crippen LogP contribution in [-0.2, 0) is 11.4 Å². The van der Waals surface area contributed by atoms with Crippen molar-refractivity contribution in [2.24, 2.45) is 5.73 Å². The third kappa shape index (κ3) is 2.67. The molecule has 0 aromatic heterocycles. The van der Waals surface area contributed by atoms with Gasteiger partial charge in [-0.1, -0.05) is 48.5 Å². The van der Waals surface area contributed by atoms with E-state index in [0.29, 0.717) is 6.61 Å². The summed E-state index contributed by atoms with van der Waals surface area (Å²) in [7, 11) is 0. The zero-order valence-electron chi connectivity index (χ0n) is 13.2. The maximum atomic E-state index is 6.53. The van der Waals surface area contributed by atoms with Gasteiger partial charge in [0, 0.05) is 5.70 Å². The molecule has 2 aromatic carbocycles. The summed E-state index contributed by atoms with van der Waals surface area (Å²) >= 11 is 0. The van der Waals surface area contributed by atoms with Crippen LogP contribution < -0.4 is 10.8 Å². The number of para-hydroxylation sites is 1. The Bertz CT molecular complexity index is 723. The molecule has 0 saturated carbocycles. The molecule has 1 heterocycles. The first-order chi connectivity index (χ1) is 11.3. The van der Waals surface area contributed by atoms with Crippen molar-refractivity contribution in [3.8, 4) is 0 Å². The topological polar surface area (TPSA) is 38.5 Å². The molecule has 2 aromatic rings. The van der Waals surface area contributed by atoms with E-state index in [9.17, 15) is 0 Å². The SMILES string of the molecule is NC1C2=C(CCCC2)N(OCc2ccccc2)c2ccccc21. The Morgan fingerprint density at radius 1 is 0.957 bits per heavy atom. The van der Waals surface area contributed by atoms with E-state index in [4.69, 9.17) is 10.6 Å². The molecule has 0 amide bonds. The Hall–Kier alpha value is -2.10. The second-order valence-electron chi connectivity index (χ2n) is 6.27. The highest BCUT2D eigenvalue weighted by Crippen LogP contribution is 2.44. The lowest BCUT2D eigenvalue weighted by molar-refractivity contribution is 0.105. The van der Waals surface area contributed by atoms with Gasteiger partial charge in [-0.15, -0.1) is 0 Å². The number of hydroxylamine groups is 1. The molecule has 3 nitrogen and oxygen atoms in total. The fourth-order valence-electron chi connectivity index (χ4n) is 3.61. The molecule has 0 spiro atoms. The first-order valence-electron chi connectivity index (χ1n) is 8.38. The van der Waals surface area contributed by atoms with Crippen molar-refractivity contribution in [3.05, 3.63) is 77.0 Å². The molecule has 4 rings (SSSR count). The van der Waals surface area contributed by atoms with E-state index in [1.807, 2.05) is 23.3 Å². The van der Waals surface area contributed by atoms with Crippen LogP contribution in [0.15, 0.2) is 65.9 Å². The second kappa shape index (κ2) is 6.19. The Balaban J connectivity index is 1.68. The van der Waals surface area contributed by atoms with Gasteiger partial charge in [0.05, 0.1) is 11.7 Å². The Kier molecular flexibility index (Phi) is 3.90. The Labute approximate surface area is 137 Å². The summed E-state index contributed by atoms with van der Waals surface area (Å²) in [6.07, 6.45) is 4.56. The molecule has 0 bridgehead atoms. The Morgan fingerprint density at radius 2 is 1.70 bits per heavy atom. The van der Waals surface area contributed by atoms with Crippen molar-refractivity contribution >= 4 is 5.69 Å². The lowest BCUT2D eigenvalue weighted by Gasteiger charge is -2.39. The number of fused-ring (bicyclic) bond motifs is 1. The van der Waals surface area contributed by atoms with Crippen LogP contribution in [-0.4, -0.2) is 0 Å². The van der Waals surface area contributed by atoms with Crippen molar-refractivity contribution in [3.63, 3.8) is 0 Å². The monoisotopic (exact) mass is 306 g/mol. The van der Waals surface area contributed by atoms with Gasteiger partial charge in [-0.3, -0.25) is 4.84 Å². The average Bonchev–Trinajstić information content (AvgIpc) is 2.63. The minimum Gasteiger partial charge on any atom is -0.320 e. The number of benzene rings is 2. The quantitative estimate of drug-likeness (QED) is 0.909. The molecular weight excluding hydrogens is 284 g/mol. The molecule has 2 aliphatic rings. The number of allylic oxidation sites excluding steroid dienone is 1. The van der Waals surface area contributed by atoms with Crippen LogP contribution in [0.3, 0.4) is 0 Å². The van der Waals surface area contributed by atoms with Crippen LogP contribution >= 0.6 is 0 Å². The van der Waals surface area contributed by atoms with Crippen molar-refractivity contribution in [2.75, 3.05) is 5.06 Å². The summed E-state index contributed by atoms with van der Waals surface area (Å²) in [6, 6.07) is 18.7. The van der Waals surface area contributed by atoms with Gasteiger partial charge >= 0.3 is 0 Å². The van der Waals surface area contributed by atoms with Crippen LogP contribution in [0.1, 0.15) is 42.9 Å². The summed E-state index contributed by atoms with van der Waals surface area (Å²) < 4.78 is 0. The van der Waals surface area contributed by atoms with E-state index in [0.717, 1.165) is 18.5 Å². The lowest BCUT2D eigenvalue weighted by Crippen LogP contribution is -2.34. The van der Waals surface area contributed by atoms with E-state index in [2.05, 4.69) is 36.4 Å². The maximum Gasteiger partial charge on any atom is 0.100 e. The van der Waals surface area contributed by atoms with E-state index in [-0.39, 0.29) is 6.04 Å². The lowest BCUT2D eigenvalue weighted by atomic mass is 9.84. The second-order valence-corrected chi connectivity index (χ2v) is 6.27. The zero-order valence-corrected chi connectivity index (χ0v) is 13.2. The first kappa shape index (κ1) is 14.5. The molecule has 0 radical (unpaired) electrons. The predicted molar refractivity (Wildman–Crippen MR) is 92.6 cm³/mol. The smallest absolute Gasteiger partial charge is 0.100 e. The Morgan fingerprint density at radius 3 is 2.57 bits per heavy atom. The molecule has 2 N–H and O–H groups in total. The standard InChI is InChI=1S/C20H22N2O/c21-20-16-10-4-6-12-18(16)22(19-13-7-5-11-17(19)20)23-14-15-8-2-1-3-9-15/h1-4,6,8-10,12,20H,5,7,11,13-14,21H2. The molecular formula is C20H22N2O. The molecule has 23 heavy (non-hydrogen) atoms. The summed E-state index contributed by atoms with van der Waals surface area (Å²) in [5, 5.41) is 2.04. The summed E-state index contributed by atoms with van der Waals surface area (Å²) in [5.41, 5.74) is 12.6. The van der Waals surface area contributed by atoms with Crippen LogP contribution in [0.4, 0.5) is 5.69 Å². The molecule has 1 unspecified atom stereocenters. The van der Waals surface area contributed by atoms with Crippen LogP contribution in [0, 0.1) is 0 Å². The van der Waals surface area contributed by atoms with Crippen LogP contribution in [0.2, 0.25) is 0 Å². The maximum absolute atomic E-state index is 6.53. The highest BCUT2D eigenvalue weighted by atomic mass is 16.7. The number of hydrogen-bond donors (Lipinski definition) is 1. The highest BCUT2D eigenvalue weighted by molar-refractivity contribution is 5.63. The predicted octanol–water partition coefficient (Wildman–Crippen LogP) is 4.47.